The summed E-state index contributed by atoms with van der Waals surface area (Å²) in [5, 5.41) is 0.223. The highest BCUT2D eigenvalue weighted by Gasteiger charge is 2.49. The maximum Gasteiger partial charge on any atom is 0.131 e. The van der Waals surface area contributed by atoms with Gasteiger partial charge >= 0.3 is 0 Å². The zero-order valence-corrected chi connectivity index (χ0v) is 5.39. The number of hydrogen-bond donors (Lipinski definition) is 1. The molecule has 0 radical (unpaired) electrons. The van der Waals surface area contributed by atoms with Gasteiger partial charge in [-0.15, -0.1) is 23.2 Å². The monoisotopic (exact) mass is 142 g/mol. The molecule has 0 heterocycles. The number of thiol groups is 1. The number of rotatable bonds is 0. The predicted octanol–water partition coefficient (Wildman–Crippen LogP) is 1.86. The molecule has 1 fully saturated rings. The van der Waals surface area contributed by atoms with E-state index in [0.717, 1.165) is 6.42 Å². The lowest BCUT2D eigenvalue weighted by Gasteiger charge is -1.84. The third-order valence-electron chi connectivity index (χ3n) is 0.793. The van der Waals surface area contributed by atoms with Crippen LogP contribution in [0.25, 0.3) is 0 Å². The summed E-state index contributed by atoms with van der Waals surface area (Å²) in [4.78, 5) is 0. The molecule has 0 amide bonds. The van der Waals surface area contributed by atoms with Crippen LogP contribution in [0.2, 0.25) is 0 Å². The van der Waals surface area contributed by atoms with E-state index < -0.39 is 4.33 Å². The van der Waals surface area contributed by atoms with Crippen LogP contribution in [0.4, 0.5) is 0 Å². The van der Waals surface area contributed by atoms with Crippen molar-refractivity contribution in [2.75, 3.05) is 0 Å². The Kier molecular flexibility index (Phi) is 1.02. The van der Waals surface area contributed by atoms with Crippen LogP contribution in [-0.2, 0) is 0 Å². The predicted molar refractivity (Wildman–Crippen MR) is 31.8 cm³/mol. The molecule has 1 unspecified atom stereocenters. The largest absolute Gasteiger partial charge is 0.173 e. The van der Waals surface area contributed by atoms with Crippen LogP contribution in [0.3, 0.4) is 0 Å². The van der Waals surface area contributed by atoms with Crippen molar-refractivity contribution in [3.05, 3.63) is 0 Å². The molecule has 1 saturated carbocycles. The minimum Gasteiger partial charge on any atom is -0.173 e. The zero-order valence-electron chi connectivity index (χ0n) is 2.99. The minimum absolute atomic E-state index is 0.223. The molecule has 0 bridgehead atoms. The van der Waals surface area contributed by atoms with Gasteiger partial charge in [0.05, 0.1) is 0 Å². The molecule has 1 aliphatic rings. The van der Waals surface area contributed by atoms with E-state index in [0.29, 0.717) is 0 Å². The lowest BCUT2D eigenvalue weighted by molar-refractivity contribution is 1.36. The van der Waals surface area contributed by atoms with Gasteiger partial charge < -0.3 is 0 Å². The Labute approximate surface area is 52.2 Å². The minimum atomic E-state index is -0.483. The van der Waals surface area contributed by atoms with Crippen LogP contribution in [-0.4, -0.2) is 9.58 Å². The van der Waals surface area contributed by atoms with Crippen molar-refractivity contribution in [2.24, 2.45) is 0 Å². The Morgan fingerprint density at radius 2 is 1.83 bits per heavy atom. The molecule has 0 aliphatic heterocycles. The summed E-state index contributed by atoms with van der Waals surface area (Å²) >= 11 is 15.0. The molecule has 1 atom stereocenters. The van der Waals surface area contributed by atoms with Gasteiger partial charge in [0.25, 0.3) is 0 Å². The maximum atomic E-state index is 5.48. The van der Waals surface area contributed by atoms with Crippen molar-refractivity contribution < 1.29 is 0 Å². The van der Waals surface area contributed by atoms with E-state index in [2.05, 4.69) is 12.6 Å². The number of halogens is 2. The molecule has 1 aliphatic carbocycles. The summed E-state index contributed by atoms with van der Waals surface area (Å²) in [5.41, 5.74) is 0. The first-order chi connectivity index (χ1) is 2.63. The highest BCUT2D eigenvalue weighted by Crippen LogP contribution is 2.50. The zero-order chi connectivity index (χ0) is 4.78. The maximum absolute atomic E-state index is 5.48. The van der Waals surface area contributed by atoms with Crippen LogP contribution in [0, 0.1) is 0 Å². The van der Waals surface area contributed by atoms with Crippen molar-refractivity contribution in [1.82, 2.24) is 0 Å². The fraction of sp³-hybridized carbons (Fsp3) is 1.00. The van der Waals surface area contributed by atoms with Gasteiger partial charge in [-0.1, -0.05) is 0 Å². The van der Waals surface area contributed by atoms with E-state index in [4.69, 9.17) is 23.2 Å². The average molecular weight is 143 g/mol. The molecule has 0 aromatic carbocycles. The van der Waals surface area contributed by atoms with Gasteiger partial charge in [-0.05, 0) is 6.42 Å². The second kappa shape index (κ2) is 1.21. The van der Waals surface area contributed by atoms with Crippen LogP contribution < -0.4 is 0 Å². The standard InChI is InChI=1S/C3H4Cl2S/c4-3(5)1-2(3)6/h2,6H,1H2. The fourth-order valence-corrected chi connectivity index (χ4v) is 1.01. The van der Waals surface area contributed by atoms with Crippen molar-refractivity contribution in [1.29, 1.82) is 0 Å². The Morgan fingerprint density at radius 3 is 1.83 bits per heavy atom. The van der Waals surface area contributed by atoms with Crippen molar-refractivity contribution in [2.45, 2.75) is 16.0 Å². The van der Waals surface area contributed by atoms with E-state index in [9.17, 15) is 0 Å². The Balaban J connectivity index is 2.41. The van der Waals surface area contributed by atoms with Gasteiger partial charge in [0.1, 0.15) is 4.33 Å². The highest BCUT2D eigenvalue weighted by molar-refractivity contribution is 7.81. The molecule has 36 valence electrons. The molecule has 0 spiro atoms. The lowest BCUT2D eigenvalue weighted by atomic mass is 10.9. The second-order valence-electron chi connectivity index (χ2n) is 1.48. The normalized spacial score (nSPS) is 39.5. The van der Waals surface area contributed by atoms with Crippen molar-refractivity contribution in [3.63, 3.8) is 0 Å². The fourth-order valence-electron chi connectivity index (χ4n) is 0.199. The Hall–Kier alpha value is 0.930. The first kappa shape index (κ1) is 5.07. The van der Waals surface area contributed by atoms with Crippen LogP contribution >= 0.6 is 35.8 Å². The van der Waals surface area contributed by atoms with Gasteiger partial charge in [-0.25, -0.2) is 0 Å². The van der Waals surface area contributed by atoms with E-state index in [-0.39, 0.29) is 5.25 Å². The summed E-state index contributed by atoms with van der Waals surface area (Å²) in [5.74, 6) is 0. The quantitative estimate of drug-likeness (QED) is 0.388. The summed E-state index contributed by atoms with van der Waals surface area (Å²) < 4.78 is -0.483. The molecule has 1 rings (SSSR count). The summed E-state index contributed by atoms with van der Waals surface area (Å²) in [6, 6.07) is 0. The average Bonchev–Trinajstić information content (AvgIpc) is 1.73. The Morgan fingerprint density at radius 1 is 1.67 bits per heavy atom. The van der Waals surface area contributed by atoms with E-state index in [1.54, 1.807) is 0 Å². The van der Waals surface area contributed by atoms with Crippen molar-refractivity contribution >= 4 is 35.8 Å². The first-order valence-corrected chi connectivity index (χ1v) is 2.96. The summed E-state index contributed by atoms with van der Waals surface area (Å²) in [6.07, 6.45) is 0.833. The third-order valence-corrected chi connectivity index (χ3v) is 2.56. The van der Waals surface area contributed by atoms with E-state index in [1.807, 2.05) is 0 Å². The molecule has 0 saturated heterocycles. The van der Waals surface area contributed by atoms with Crippen LogP contribution in [0.5, 0.6) is 0 Å². The molecule has 0 N–H and O–H groups in total. The van der Waals surface area contributed by atoms with Gasteiger partial charge in [-0.2, -0.15) is 12.6 Å². The van der Waals surface area contributed by atoms with E-state index >= 15 is 0 Å². The molecular formula is C3H4Cl2S. The lowest BCUT2D eigenvalue weighted by Crippen LogP contribution is -1.84. The smallest absolute Gasteiger partial charge is 0.131 e. The molecule has 3 heteroatoms. The molecule has 0 aromatic heterocycles. The van der Waals surface area contributed by atoms with Gasteiger partial charge in [0.15, 0.2) is 0 Å². The van der Waals surface area contributed by atoms with Gasteiger partial charge in [0, 0.05) is 5.25 Å². The number of hydrogen-bond acceptors (Lipinski definition) is 1. The van der Waals surface area contributed by atoms with E-state index in [1.165, 1.54) is 0 Å². The molecule has 0 nitrogen and oxygen atoms in total. The van der Waals surface area contributed by atoms with Crippen LogP contribution in [0.1, 0.15) is 6.42 Å². The molecule has 6 heavy (non-hydrogen) atoms. The van der Waals surface area contributed by atoms with Crippen LogP contribution in [0.15, 0.2) is 0 Å². The molecular weight excluding hydrogens is 139 g/mol. The van der Waals surface area contributed by atoms with Gasteiger partial charge in [0.2, 0.25) is 0 Å². The molecule has 0 aromatic rings. The summed E-state index contributed by atoms with van der Waals surface area (Å²) in [6.45, 7) is 0. The first-order valence-electron chi connectivity index (χ1n) is 1.69. The van der Waals surface area contributed by atoms with Crippen molar-refractivity contribution in [3.8, 4) is 0 Å². The summed E-state index contributed by atoms with van der Waals surface area (Å²) in [7, 11) is 0. The SMILES string of the molecule is SC1CC1(Cl)Cl. The topological polar surface area (TPSA) is 0 Å². The third kappa shape index (κ3) is 0.772. The Bertz CT molecular complexity index is 71.2. The number of alkyl halides is 2. The van der Waals surface area contributed by atoms with Gasteiger partial charge in [-0.3, -0.25) is 0 Å². The highest BCUT2D eigenvalue weighted by atomic mass is 35.5. The second-order valence-corrected chi connectivity index (χ2v) is 3.65.